The molecule has 0 N–H and O–H groups in total. The van der Waals surface area contributed by atoms with Crippen LogP contribution < -0.4 is 9.47 Å². The van der Waals surface area contributed by atoms with Crippen LogP contribution in [-0.4, -0.2) is 39.0 Å². The van der Waals surface area contributed by atoms with Gasteiger partial charge >= 0.3 is 0 Å². The minimum Gasteiger partial charge on any atom is -0.493 e. The summed E-state index contributed by atoms with van der Waals surface area (Å²) in [6.07, 6.45) is 0.489. The van der Waals surface area contributed by atoms with Crippen molar-refractivity contribution in [2.75, 3.05) is 28.3 Å². The fourth-order valence-electron chi connectivity index (χ4n) is 2.20. The number of methoxy groups -OCH3 is 2. The van der Waals surface area contributed by atoms with E-state index in [0.717, 1.165) is 11.1 Å². The molecule has 0 radical (unpaired) electrons. The van der Waals surface area contributed by atoms with Gasteiger partial charge in [-0.3, -0.25) is 4.79 Å². The van der Waals surface area contributed by atoms with Crippen LogP contribution in [-0.2, 0) is 4.79 Å². The van der Waals surface area contributed by atoms with Gasteiger partial charge in [-0.25, -0.2) is 0 Å². The minimum absolute atomic E-state index is 0.0531. The highest BCUT2D eigenvalue weighted by atomic mass is 16.5. The Bertz CT molecular complexity index is 455. The number of nitrogens with zero attached hydrogens (tertiary/aromatic N) is 1. The number of rotatable bonds is 6. The highest BCUT2D eigenvalue weighted by molar-refractivity contribution is 5.76. The Morgan fingerprint density at radius 2 is 1.74 bits per heavy atom. The molecule has 0 amide bonds. The smallest absolute Gasteiger partial charge is 0.161 e. The summed E-state index contributed by atoms with van der Waals surface area (Å²) in [4.78, 5) is 13.5. The molecule has 4 nitrogen and oxygen atoms in total. The van der Waals surface area contributed by atoms with Gasteiger partial charge in [0.25, 0.3) is 0 Å². The Hall–Kier alpha value is -1.55. The SMILES string of the molecule is COc1cc(C)c(C(CC(C)=O)N(C)C)cc1OC. The van der Waals surface area contributed by atoms with E-state index in [4.69, 9.17) is 9.47 Å². The highest BCUT2D eigenvalue weighted by Crippen LogP contribution is 2.35. The molecule has 1 aromatic carbocycles. The van der Waals surface area contributed by atoms with Crippen LogP contribution >= 0.6 is 0 Å². The Kier molecular flexibility index (Phi) is 5.36. The third-order valence-corrected chi connectivity index (χ3v) is 3.24. The first-order valence-corrected chi connectivity index (χ1v) is 6.29. The molecule has 0 aliphatic rings. The van der Waals surface area contributed by atoms with Crippen LogP contribution in [0.3, 0.4) is 0 Å². The van der Waals surface area contributed by atoms with Gasteiger partial charge < -0.3 is 14.4 Å². The maximum atomic E-state index is 11.4. The summed E-state index contributed by atoms with van der Waals surface area (Å²) < 4.78 is 10.6. The van der Waals surface area contributed by atoms with Crippen LogP contribution in [0.25, 0.3) is 0 Å². The molecule has 19 heavy (non-hydrogen) atoms. The van der Waals surface area contributed by atoms with Crippen LogP contribution in [0.4, 0.5) is 0 Å². The molecule has 0 fully saturated rings. The van der Waals surface area contributed by atoms with Gasteiger partial charge in [0.2, 0.25) is 0 Å². The number of hydrogen-bond donors (Lipinski definition) is 0. The molecule has 0 saturated carbocycles. The van der Waals surface area contributed by atoms with Crippen molar-refractivity contribution in [3.8, 4) is 11.5 Å². The maximum absolute atomic E-state index is 11.4. The average Bonchev–Trinajstić information content (AvgIpc) is 2.35. The molecular weight excluding hydrogens is 242 g/mol. The molecule has 0 aromatic heterocycles. The third kappa shape index (κ3) is 3.70. The molecule has 1 rings (SSSR count). The number of hydrogen-bond acceptors (Lipinski definition) is 4. The minimum atomic E-state index is 0.0531. The van der Waals surface area contributed by atoms with E-state index < -0.39 is 0 Å². The van der Waals surface area contributed by atoms with Gasteiger partial charge in [-0.15, -0.1) is 0 Å². The number of ketones is 1. The Balaban J connectivity index is 3.26. The standard InChI is InChI=1S/C15H23NO3/c1-10-7-14(18-5)15(19-6)9-12(10)13(16(3)4)8-11(2)17/h7,9,13H,8H2,1-6H3. The highest BCUT2D eigenvalue weighted by Gasteiger charge is 2.20. The lowest BCUT2D eigenvalue weighted by molar-refractivity contribution is -0.118. The number of carbonyl (C=O) groups is 1. The molecule has 1 unspecified atom stereocenters. The van der Waals surface area contributed by atoms with Crippen molar-refractivity contribution in [1.82, 2.24) is 4.90 Å². The third-order valence-electron chi connectivity index (χ3n) is 3.24. The summed E-state index contributed by atoms with van der Waals surface area (Å²) >= 11 is 0. The second-order valence-electron chi connectivity index (χ2n) is 4.95. The zero-order chi connectivity index (χ0) is 14.6. The average molecular weight is 265 g/mol. The van der Waals surface area contributed by atoms with Gasteiger partial charge in [0.05, 0.1) is 14.2 Å². The van der Waals surface area contributed by atoms with Crippen LogP contribution in [0.1, 0.15) is 30.5 Å². The lowest BCUT2D eigenvalue weighted by Crippen LogP contribution is -2.23. The number of ether oxygens (including phenoxy) is 2. The molecule has 1 aromatic rings. The summed E-state index contributed by atoms with van der Waals surface area (Å²) in [5.74, 6) is 1.58. The molecule has 1 atom stereocenters. The largest absolute Gasteiger partial charge is 0.493 e. The second-order valence-corrected chi connectivity index (χ2v) is 4.95. The predicted molar refractivity (Wildman–Crippen MR) is 76.0 cm³/mol. The van der Waals surface area contributed by atoms with E-state index in [-0.39, 0.29) is 11.8 Å². The molecule has 0 aliphatic carbocycles. The van der Waals surface area contributed by atoms with Gasteiger partial charge in [-0.1, -0.05) is 0 Å². The summed E-state index contributed by atoms with van der Waals surface area (Å²) in [6.45, 7) is 3.64. The van der Waals surface area contributed by atoms with Crippen molar-refractivity contribution in [3.63, 3.8) is 0 Å². The molecule has 0 aliphatic heterocycles. The maximum Gasteiger partial charge on any atom is 0.161 e. The molecule has 0 spiro atoms. The molecule has 0 saturated heterocycles. The van der Waals surface area contributed by atoms with E-state index >= 15 is 0 Å². The van der Waals surface area contributed by atoms with Crippen molar-refractivity contribution >= 4 is 5.78 Å². The molecule has 106 valence electrons. The van der Waals surface area contributed by atoms with Crippen molar-refractivity contribution in [2.45, 2.75) is 26.3 Å². The number of Topliss-reactive ketones (excluding diaryl/α,β-unsaturated/α-hetero) is 1. The van der Waals surface area contributed by atoms with Crippen molar-refractivity contribution in [1.29, 1.82) is 0 Å². The van der Waals surface area contributed by atoms with Gasteiger partial charge in [0.15, 0.2) is 11.5 Å². The molecule has 0 bridgehead atoms. The summed E-state index contributed by atoms with van der Waals surface area (Å²) in [6, 6.07) is 3.96. The monoisotopic (exact) mass is 265 g/mol. The van der Waals surface area contributed by atoms with E-state index in [2.05, 4.69) is 4.90 Å². The summed E-state index contributed by atoms with van der Waals surface area (Å²) in [5, 5.41) is 0. The van der Waals surface area contributed by atoms with E-state index in [1.165, 1.54) is 0 Å². The van der Waals surface area contributed by atoms with Gasteiger partial charge in [-0.05, 0) is 51.2 Å². The van der Waals surface area contributed by atoms with Crippen LogP contribution in [0.15, 0.2) is 12.1 Å². The zero-order valence-electron chi connectivity index (χ0n) is 12.6. The number of benzene rings is 1. The van der Waals surface area contributed by atoms with Crippen LogP contribution in [0.2, 0.25) is 0 Å². The zero-order valence-corrected chi connectivity index (χ0v) is 12.6. The molecule has 0 heterocycles. The number of aryl methyl sites for hydroxylation is 1. The van der Waals surface area contributed by atoms with Crippen molar-refractivity contribution in [3.05, 3.63) is 23.3 Å². The summed E-state index contributed by atoms with van der Waals surface area (Å²) in [5.41, 5.74) is 2.19. The first-order chi connectivity index (χ1) is 8.90. The van der Waals surface area contributed by atoms with Gasteiger partial charge in [0, 0.05) is 12.5 Å². The Morgan fingerprint density at radius 1 is 1.21 bits per heavy atom. The Morgan fingerprint density at radius 3 is 2.16 bits per heavy atom. The van der Waals surface area contributed by atoms with Gasteiger partial charge in [0.1, 0.15) is 5.78 Å². The van der Waals surface area contributed by atoms with Crippen LogP contribution in [0, 0.1) is 6.92 Å². The van der Waals surface area contributed by atoms with Gasteiger partial charge in [-0.2, -0.15) is 0 Å². The van der Waals surface area contributed by atoms with E-state index in [0.29, 0.717) is 17.9 Å². The van der Waals surface area contributed by atoms with Crippen LogP contribution in [0.5, 0.6) is 11.5 Å². The predicted octanol–water partition coefficient (Wildman–Crippen LogP) is 2.59. The van der Waals surface area contributed by atoms with E-state index in [1.54, 1.807) is 21.1 Å². The summed E-state index contributed by atoms with van der Waals surface area (Å²) in [7, 11) is 7.19. The van der Waals surface area contributed by atoms with E-state index in [1.807, 2.05) is 33.2 Å². The molecular formula is C15H23NO3. The molecule has 4 heteroatoms. The van der Waals surface area contributed by atoms with Crippen molar-refractivity contribution in [2.24, 2.45) is 0 Å². The lowest BCUT2D eigenvalue weighted by atomic mass is 9.96. The topological polar surface area (TPSA) is 38.8 Å². The number of carbonyl (C=O) groups excluding carboxylic acids is 1. The van der Waals surface area contributed by atoms with Crippen molar-refractivity contribution < 1.29 is 14.3 Å². The Labute approximate surface area is 115 Å². The first-order valence-electron chi connectivity index (χ1n) is 6.29. The lowest BCUT2D eigenvalue weighted by Gasteiger charge is -2.26. The fraction of sp³-hybridized carbons (Fsp3) is 0.533. The quantitative estimate of drug-likeness (QED) is 0.792. The normalized spacial score (nSPS) is 12.4. The second kappa shape index (κ2) is 6.57. The first kappa shape index (κ1) is 15.5. The fourth-order valence-corrected chi connectivity index (χ4v) is 2.20. The van der Waals surface area contributed by atoms with E-state index in [9.17, 15) is 4.79 Å².